The summed E-state index contributed by atoms with van der Waals surface area (Å²) in [7, 11) is 0. The molecule has 1 fully saturated rings. The first-order chi connectivity index (χ1) is 13.0. The number of aromatic hydroxyl groups is 1. The van der Waals surface area contributed by atoms with Gasteiger partial charge in [-0.15, -0.1) is 0 Å². The van der Waals surface area contributed by atoms with Crippen LogP contribution in [0.1, 0.15) is 50.0 Å². The van der Waals surface area contributed by atoms with Gasteiger partial charge in [-0.2, -0.15) is 5.26 Å². The number of nitrogens with two attached hydrogens (primary N) is 1. The van der Waals surface area contributed by atoms with Crippen LogP contribution in [0.3, 0.4) is 0 Å². The molecule has 0 spiro atoms. The Morgan fingerprint density at radius 1 is 1.18 bits per heavy atom. The molecule has 1 aliphatic carbocycles. The summed E-state index contributed by atoms with van der Waals surface area (Å²) in [6, 6.07) is 13.4. The monoisotopic (exact) mass is 399 g/mol. The number of hydrogen-bond donors (Lipinski definition) is 3. The van der Waals surface area contributed by atoms with Crippen molar-refractivity contribution in [3.63, 3.8) is 0 Å². The molecule has 0 unspecified atom stereocenters. The Labute approximate surface area is 171 Å². The summed E-state index contributed by atoms with van der Waals surface area (Å²) in [6.45, 7) is 8.80. The fourth-order valence-electron chi connectivity index (χ4n) is 4.14. The van der Waals surface area contributed by atoms with E-state index in [1.165, 1.54) is 18.2 Å². The number of amides is 1. The van der Waals surface area contributed by atoms with E-state index in [0.717, 1.165) is 6.42 Å². The van der Waals surface area contributed by atoms with Crippen LogP contribution in [0.2, 0.25) is 5.02 Å². The molecule has 0 bridgehead atoms. The molecule has 0 heterocycles. The third kappa shape index (κ3) is 4.96. The Hall–Kier alpha value is -2.71. The third-order valence-electron chi connectivity index (χ3n) is 5.00. The van der Waals surface area contributed by atoms with Gasteiger partial charge >= 0.3 is 0 Å². The zero-order valence-corrected chi connectivity index (χ0v) is 17.3. The van der Waals surface area contributed by atoms with E-state index in [9.17, 15) is 4.79 Å². The Morgan fingerprint density at radius 2 is 1.75 bits per heavy atom. The van der Waals surface area contributed by atoms with Crippen molar-refractivity contribution in [2.75, 3.05) is 5.73 Å². The van der Waals surface area contributed by atoms with Crippen molar-refractivity contribution < 1.29 is 9.90 Å². The zero-order chi connectivity index (χ0) is 21.1. The van der Waals surface area contributed by atoms with Gasteiger partial charge in [0.1, 0.15) is 11.8 Å². The Balaban J connectivity index is 0.000000237. The minimum Gasteiger partial charge on any atom is -0.508 e. The van der Waals surface area contributed by atoms with E-state index >= 15 is 0 Å². The number of phenols is 1. The Morgan fingerprint density at radius 3 is 2.21 bits per heavy atom. The number of halogens is 1. The van der Waals surface area contributed by atoms with Gasteiger partial charge in [-0.1, -0.05) is 39.3 Å². The molecular formula is C22H26ClN3O2. The first-order valence-electron chi connectivity index (χ1n) is 9.01. The van der Waals surface area contributed by atoms with Crippen molar-refractivity contribution in [1.82, 2.24) is 5.32 Å². The quantitative estimate of drug-likeness (QED) is 0.635. The topological polar surface area (TPSA) is 99.1 Å². The first-order valence-corrected chi connectivity index (χ1v) is 9.39. The van der Waals surface area contributed by atoms with Gasteiger partial charge < -0.3 is 16.2 Å². The summed E-state index contributed by atoms with van der Waals surface area (Å²) in [5.41, 5.74) is 7.69. The lowest BCUT2D eigenvalue weighted by Crippen LogP contribution is -2.63. The van der Waals surface area contributed by atoms with E-state index in [0.29, 0.717) is 16.8 Å². The summed E-state index contributed by atoms with van der Waals surface area (Å²) >= 11 is 5.55. The van der Waals surface area contributed by atoms with Gasteiger partial charge in [0.2, 0.25) is 0 Å². The highest BCUT2D eigenvalue weighted by Crippen LogP contribution is 2.53. The summed E-state index contributed by atoms with van der Waals surface area (Å²) in [4.78, 5) is 12.2. The maximum atomic E-state index is 12.2. The lowest BCUT2D eigenvalue weighted by atomic mass is 9.52. The molecule has 1 saturated carbocycles. The number of hydrogen-bond acceptors (Lipinski definition) is 4. The highest BCUT2D eigenvalue weighted by Gasteiger charge is 2.53. The van der Waals surface area contributed by atoms with Crippen LogP contribution in [0, 0.1) is 22.2 Å². The lowest BCUT2D eigenvalue weighted by molar-refractivity contribution is -0.0366. The Kier molecular flexibility index (Phi) is 6.26. The molecular weight excluding hydrogens is 374 g/mol. The molecule has 0 radical (unpaired) electrons. The molecule has 3 rings (SSSR count). The first kappa shape index (κ1) is 21.6. The van der Waals surface area contributed by atoms with Crippen LogP contribution in [-0.4, -0.2) is 17.1 Å². The van der Waals surface area contributed by atoms with E-state index in [1.807, 2.05) is 6.07 Å². The van der Waals surface area contributed by atoms with E-state index in [2.05, 4.69) is 33.0 Å². The summed E-state index contributed by atoms with van der Waals surface area (Å²) in [5, 5.41) is 20.7. The van der Waals surface area contributed by atoms with Crippen molar-refractivity contribution in [1.29, 1.82) is 5.26 Å². The van der Waals surface area contributed by atoms with E-state index in [4.69, 9.17) is 27.7 Å². The molecule has 6 heteroatoms. The van der Waals surface area contributed by atoms with Crippen LogP contribution < -0.4 is 11.1 Å². The molecule has 148 valence electrons. The second-order valence-corrected chi connectivity index (χ2v) is 8.87. The SMILES string of the molecule is CC1(C)CC(C)(C)C1NC(=O)c1ccc(N)cc1.N#Cc1ccc(O)cc1Cl. The number of carbonyl (C=O) groups excluding carboxylic acids is 1. The molecule has 4 N–H and O–H groups in total. The van der Waals surface area contributed by atoms with Crippen LogP contribution in [0.15, 0.2) is 42.5 Å². The number of anilines is 1. The molecule has 0 aliphatic heterocycles. The number of rotatable bonds is 2. The lowest BCUT2D eigenvalue weighted by Gasteiger charge is -2.57. The number of benzene rings is 2. The van der Waals surface area contributed by atoms with Crippen LogP contribution in [0.4, 0.5) is 5.69 Å². The van der Waals surface area contributed by atoms with Crippen molar-refractivity contribution in [3.8, 4) is 11.8 Å². The molecule has 1 aliphatic rings. The minimum absolute atomic E-state index is 0.0131. The predicted octanol–water partition coefficient (Wildman–Crippen LogP) is 4.74. The second-order valence-electron chi connectivity index (χ2n) is 8.46. The highest BCUT2D eigenvalue weighted by molar-refractivity contribution is 6.31. The number of nitriles is 1. The summed E-state index contributed by atoms with van der Waals surface area (Å²) in [5.74, 6) is 0.0600. The van der Waals surface area contributed by atoms with Crippen LogP contribution in [0.5, 0.6) is 5.75 Å². The molecule has 2 aromatic rings. The average Bonchev–Trinajstić information content (AvgIpc) is 2.60. The molecule has 2 aromatic carbocycles. The second kappa shape index (κ2) is 8.12. The average molecular weight is 400 g/mol. The van der Waals surface area contributed by atoms with E-state index in [1.54, 1.807) is 24.3 Å². The van der Waals surface area contributed by atoms with Gasteiger partial charge in [0, 0.05) is 17.3 Å². The molecule has 0 atom stereocenters. The number of nitrogens with zero attached hydrogens (tertiary/aromatic N) is 1. The minimum atomic E-state index is -0.0131. The van der Waals surface area contributed by atoms with Crippen molar-refractivity contribution in [3.05, 3.63) is 58.6 Å². The maximum Gasteiger partial charge on any atom is 0.251 e. The molecule has 28 heavy (non-hydrogen) atoms. The number of nitrogen functional groups attached to an aromatic ring is 1. The number of phenolic OH excluding ortho intramolecular Hbond substituents is 1. The van der Waals surface area contributed by atoms with Gasteiger partial charge in [-0.25, -0.2) is 0 Å². The standard InChI is InChI=1S/C15H22N2O.C7H4ClNO/c1-14(2)9-15(3,4)13(14)17-12(18)10-5-7-11(16)8-6-10;8-7-3-6(10)2-1-5(7)4-9/h5-8,13H,9,16H2,1-4H3,(H,17,18);1-3,10H. The van der Waals surface area contributed by atoms with Crippen molar-refractivity contribution in [2.45, 2.75) is 40.2 Å². The fraction of sp³-hybridized carbons (Fsp3) is 0.364. The summed E-state index contributed by atoms with van der Waals surface area (Å²) in [6.07, 6.45) is 1.13. The van der Waals surface area contributed by atoms with E-state index < -0.39 is 0 Å². The van der Waals surface area contributed by atoms with Gasteiger partial charge in [0.05, 0.1) is 10.6 Å². The van der Waals surface area contributed by atoms with Crippen molar-refractivity contribution in [2.24, 2.45) is 10.8 Å². The van der Waals surface area contributed by atoms with Gasteiger partial charge in [0.25, 0.3) is 5.91 Å². The van der Waals surface area contributed by atoms with E-state index in [-0.39, 0.29) is 33.6 Å². The fourth-order valence-corrected chi connectivity index (χ4v) is 4.36. The van der Waals surface area contributed by atoms with Crippen molar-refractivity contribution >= 4 is 23.2 Å². The van der Waals surface area contributed by atoms with Gasteiger partial charge in [0.15, 0.2) is 0 Å². The molecule has 1 amide bonds. The highest BCUT2D eigenvalue weighted by atomic mass is 35.5. The predicted molar refractivity (Wildman–Crippen MR) is 112 cm³/mol. The number of nitrogens with one attached hydrogen (secondary N) is 1. The van der Waals surface area contributed by atoms with Crippen LogP contribution in [0.25, 0.3) is 0 Å². The molecule has 0 saturated heterocycles. The smallest absolute Gasteiger partial charge is 0.251 e. The van der Waals surface area contributed by atoms with Crippen LogP contribution in [-0.2, 0) is 0 Å². The Bertz CT molecular complexity index is 885. The largest absolute Gasteiger partial charge is 0.508 e. The normalized spacial score (nSPS) is 16.7. The zero-order valence-electron chi connectivity index (χ0n) is 16.6. The number of carbonyl (C=O) groups is 1. The third-order valence-corrected chi connectivity index (χ3v) is 5.31. The maximum absolute atomic E-state index is 12.2. The van der Waals surface area contributed by atoms with Crippen LogP contribution >= 0.6 is 11.6 Å². The van der Waals surface area contributed by atoms with Gasteiger partial charge in [-0.05, 0) is 59.7 Å². The molecule has 5 nitrogen and oxygen atoms in total. The molecule has 0 aromatic heterocycles. The van der Waals surface area contributed by atoms with Gasteiger partial charge in [-0.3, -0.25) is 4.79 Å². The summed E-state index contributed by atoms with van der Waals surface area (Å²) < 4.78 is 0.